The van der Waals surface area contributed by atoms with Gasteiger partial charge >= 0.3 is 0 Å². The van der Waals surface area contributed by atoms with Crippen molar-refractivity contribution in [2.75, 3.05) is 13.1 Å². The van der Waals surface area contributed by atoms with Gasteiger partial charge in [-0.25, -0.2) is 4.39 Å². The van der Waals surface area contributed by atoms with Crippen LogP contribution >= 0.6 is 0 Å². The van der Waals surface area contributed by atoms with E-state index in [1.165, 1.54) is 12.1 Å². The van der Waals surface area contributed by atoms with Gasteiger partial charge in [-0.15, -0.1) is 0 Å². The first-order chi connectivity index (χ1) is 9.08. The van der Waals surface area contributed by atoms with E-state index in [0.717, 1.165) is 25.9 Å². The molecule has 2 rings (SSSR count). The number of benzene rings is 1. The molecule has 104 valence electrons. The van der Waals surface area contributed by atoms with Crippen molar-refractivity contribution in [3.63, 3.8) is 0 Å². The summed E-state index contributed by atoms with van der Waals surface area (Å²) in [7, 11) is 0. The minimum absolute atomic E-state index is 0.0600. The second-order valence-electron chi connectivity index (χ2n) is 5.20. The third kappa shape index (κ3) is 3.46. The first-order valence-electron chi connectivity index (χ1n) is 6.78. The Morgan fingerprint density at radius 1 is 1.37 bits per heavy atom. The number of halogens is 1. The number of likely N-dealkylation sites (tertiary alicyclic amines) is 1. The van der Waals surface area contributed by atoms with Crippen LogP contribution < -0.4 is 4.74 Å². The van der Waals surface area contributed by atoms with Crippen molar-refractivity contribution < 1.29 is 13.9 Å². The van der Waals surface area contributed by atoms with E-state index >= 15 is 0 Å². The van der Waals surface area contributed by atoms with Gasteiger partial charge in [-0.2, -0.15) is 0 Å². The molecule has 1 fully saturated rings. The van der Waals surface area contributed by atoms with E-state index in [9.17, 15) is 9.18 Å². The van der Waals surface area contributed by atoms with Crippen molar-refractivity contribution in [1.29, 1.82) is 0 Å². The maximum atomic E-state index is 13.5. The molecule has 1 aliphatic heterocycles. The maximum absolute atomic E-state index is 13.5. The summed E-state index contributed by atoms with van der Waals surface area (Å²) in [6, 6.07) is 6.16. The van der Waals surface area contributed by atoms with Crippen molar-refractivity contribution in [1.82, 2.24) is 4.90 Å². The fourth-order valence-corrected chi connectivity index (χ4v) is 2.27. The predicted octanol–water partition coefficient (Wildman–Crippen LogP) is 2.85. The molecule has 1 unspecified atom stereocenters. The first-order valence-corrected chi connectivity index (χ1v) is 6.78. The zero-order valence-electron chi connectivity index (χ0n) is 11.4. The molecule has 0 saturated carbocycles. The van der Waals surface area contributed by atoms with E-state index in [-0.39, 0.29) is 11.7 Å². The number of piperidine rings is 1. The fourth-order valence-electron chi connectivity index (χ4n) is 2.27. The summed E-state index contributed by atoms with van der Waals surface area (Å²) in [4.78, 5) is 14.0. The van der Waals surface area contributed by atoms with Crippen LogP contribution in [0.3, 0.4) is 0 Å². The molecule has 4 heteroatoms. The van der Waals surface area contributed by atoms with Gasteiger partial charge in [0.05, 0.1) is 0 Å². The summed E-state index contributed by atoms with van der Waals surface area (Å²) in [5.74, 6) is 0.310. The van der Waals surface area contributed by atoms with Crippen LogP contribution in [-0.2, 0) is 4.79 Å². The molecule has 0 N–H and O–H groups in total. The van der Waals surface area contributed by atoms with Crippen LogP contribution in [0.1, 0.15) is 26.7 Å². The Kier molecular flexibility index (Phi) is 4.40. The monoisotopic (exact) mass is 265 g/mol. The van der Waals surface area contributed by atoms with Gasteiger partial charge in [0.25, 0.3) is 5.91 Å². The summed E-state index contributed by atoms with van der Waals surface area (Å²) in [5.41, 5.74) is 0. The first kappa shape index (κ1) is 13.8. The topological polar surface area (TPSA) is 29.5 Å². The van der Waals surface area contributed by atoms with Crippen LogP contribution in [0.4, 0.5) is 4.39 Å². The quantitative estimate of drug-likeness (QED) is 0.841. The molecule has 1 aromatic rings. The molecular formula is C15H20FNO2. The van der Waals surface area contributed by atoms with Crippen molar-refractivity contribution >= 4 is 5.91 Å². The van der Waals surface area contributed by atoms with Crippen molar-refractivity contribution in [3.05, 3.63) is 30.1 Å². The van der Waals surface area contributed by atoms with Gasteiger partial charge < -0.3 is 9.64 Å². The zero-order valence-corrected chi connectivity index (χ0v) is 11.4. The molecule has 0 spiro atoms. The Hall–Kier alpha value is -1.58. The SMILES string of the molecule is CC1CCN(C(=O)C(C)Oc2ccccc2F)CC1. The molecule has 0 aromatic heterocycles. The highest BCUT2D eigenvalue weighted by molar-refractivity contribution is 5.81. The smallest absolute Gasteiger partial charge is 0.263 e. The maximum Gasteiger partial charge on any atom is 0.263 e. The van der Waals surface area contributed by atoms with E-state index in [2.05, 4.69) is 6.92 Å². The number of hydrogen-bond donors (Lipinski definition) is 0. The van der Waals surface area contributed by atoms with Crippen LogP contribution in [0.15, 0.2) is 24.3 Å². The molecule has 1 aromatic carbocycles. The van der Waals surface area contributed by atoms with Crippen LogP contribution in [0.5, 0.6) is 5.75 Å². The molecule has 1 heterocycles. The number of amides is 1. The third-order valence-electron chi connectivity index (χ3n) is 3.58. The van der Waals surface area contributed by atoms with E-state index in [0.29, 0.717) is 5.92 Å². The second kappa shape index (κ2) is 6.04. The number of rotatable bonds is 3. The van der Waals surface area contributed by atoms with Gasteiger partial charge in [0.2, 0.25) is 0 Å². The summed E-state index contributed by atoms with van der Waals surface area (Å²) in [6.07, 6.45) is 1.40. The predicted molar refractivity (Wildman–Crippen MR) is 71.5 cm³/mol. The number of carbonyl (C=O) groups excluding carboxylic acids is 1. The van der Waals surface area contributed by atoms with E-state index in [1.807, 2.05) is 4.90 Å². The molecule has 1 atom stereocenters. The third-order valence-corrected chi connectivity index (χ3v) is 3.58. The van der Waals surface area contributed by atoms with E-state index in [1.54, 1.807) is 19.1 Å². The molecule has 3 nitrogen and oxygen atoms in total. The highest BCUT2D eigenvalue weighted by Gasteiger charge is 2.25. The van der Waals surface area contributed by atoms with Crippen LogP contribution in [0, 0.1) is 11.7 Å². The number of para-hydroxylation sites is 1. The van der Waals surface area contributed by atoms with Gasteiger partial charge in [-0.05, 0) is 37.8 Å². The van der Waals surface area contributed by atoms with Gasteiger partial charge in [-0.1, -0.05) is 19.1 Å². The van der Waals surface area contributed by atoms with Crippen LogP contribution in [-0.4, -0.2) is 30.0 Å². The Morgan fingerprint density at radius 2 is 2.00 bits per heavy atom. The zero-order chi connectivity index (χ0) is 13.8. The average molecular weight is 265 g/mol. The molecule has 19 heavy (non-hydrogen) atoms. The summed E-state index contributed by atoms with van der Waals surface area (Å²) in [6.45, 7) is 5.41. The Morgan fingerprint density at radius 3 is 2.63 bits per heavy atom. The average Bonchev–Trinajstić information content (AvgIpc) is 2.41. The van der Waals surface area contributed by atoms with E-state index in [4.69, 9.17) is 4.74 Å². The number of carbonyl (C=O) groups is 1. The van der Waals surface area contributed by atoms with Crippen molar-refractivity contribution in [2.45, 2.75) is 32.8 Å². The molecule has 0 aliphatic carbocycles. The molecular weight excluding hydrogens is 245 g/mol. The standard InChI is InChI=1S/C15H20FNO2/c1-11-7-9-17(10-8-11)15(18)12(2)19-14-6-4-3-5-13(14)16/h3-6,11-12H,7-10H2,1-2H3. The van der Waals surface area contributed by atoms with Crippen LogP contribution in [0.2, 0.25) is 0 Å². The van der Waals surface area contributed by atoms with Gasteiger partial charge in [0, 0.05) is 13.1 Å². The van der Waals surface area contributed by atoms with Gasteiger partial charge in [0.15, 0.2) is 17.7 Å². The highest BCUT2D eigenvalue weighted by Crippen LogP contribution is 2.20. The Balaban J connectivity index is 1.94. The van der Waals surface area contributed by atoms with Gasteiger partial charge in [0.1, 0.15) is 0 Å². The van der Waals surface area contributed by atoms with Gasteiger partial charge in [-0.3, -0.25) is 4.79 Å². The fraction of sp³-hybridized carbons (Fsp3) is 0.533. The molecule has 0 bridgehead atoms. The largest absolute Gasteiger partial charge is 0.478 e. The lowest BCUT2D eigenvalue weighted by molar-refractivity contribution is -0.139. The minimum Gasteiger partial charge on any atom is -0.478 e. The summed E-state index contributed by atoms with van der Waals surface area (Å²) >= 11 is 0. The molecule has 0 radical (unpaired) electrons. The second-order valence-corrected chi connectivity index (χ2v) is 5.20. The lowest BCUT2D eigenvalue weighted by atomic mass is 9.99. The Bertz CT molecular complexity index is 442. The number of nitrogens with zero attached hydrogens (tertiary/aromatic N) is 1. The summed E-state index contributed by atoms with van der Waals surface area (Å²) < 4.78 is 18.9. The normalized spacial score (nSPS) is 18.2. The lowest BCUT2D eigenvalue weighted by Gasteiger charge is -2.32. The van der Waals surface area contributed by atoms with Crippen molar-refractivity contribution in [3.8, 4) is 5.75 Å². The summed E-state index contributed by atoms with van der Waals surface area (Å²) in [5, 5.41) is 0. The Labute approximate surface area is 113 Å². The number of ether oxygens (including phenoxy) is 1. The minimum atomic E-state index is -0.648. The highest BCUT2D eigenvalue weighted by atomic mass is 19.1. The molecule has 1 saturated heterocycles. The lowest BCUT2D eigenvalue weighted by Crippen LogP contribution is -2.44. The van der Waals surface area contributed by atoms with Crippen LogP contribution in [0.25, 0.3) is 0 Å². The van der Waals surface area contributed by atoms with Crippen molar-refractivity contribution in [2.24, 2.45) is 5.92 Å². The number of hydrogen-bond acceptors (Lipinski definition) is 2. The van der Waals surface area contributed by atoms with E-state index < -0.39 is 11.9 Å². The molecule has 1 aliphatic rings. The molecule has 1 amide bonds.